The van der Waals surface area contributed by atoms with Gasteiger partial charge in [0.05, 0.1) is 6.10 Å². The lowest BCUT2D eigenvalue weighted by Gasteiger charge is -2.18. The summed E-state index contributed by atoms with van der Waals surface area (Å²) in [7, 11) is 1.79. The summed E-state index contributed by atoms with van der Waals surface area (Å²) in [6.45, 7) is 2.11. The molecule has 2 nitrogen and oxygen atoms in total. The maximum atomic E-state index is 5.34. The van der Waals surface area contributed by atoms with Crippen LogP contribution in [-0.4, -0.2) is 26.3 Å². The van der Waals surface area contributed by atoms with Crippen molar-refractivity contribution in [3.8, 4) is 0 Å². The Bertz CT molecular complexity index is 299. The zero-order chi connectivity index (χ0) is 9.97. The van der Waals surface area contributed by atoms with Gasteiger partial charge in [0.15, 0.2) is 0 Å². The van der Waals surface area contributed by atoms with E-state index in [9.17, 15) is 0 Å². The fourth-order valence-corrected chi connectivity index (χ4v) is 2.07. The van der Waals surface area contributed by atoms with Gasteiger partial charge in [-0.2, -0.15) is 0 Å². The summed E-state index contributed by atoms with van der Waals surface area (Å²) in [5.41, 5.74) is 1.28. The quantitative estimate of drug-likeness (QED) is 0.806. The topological polar surface area (TPSA) is 12.5 Å². The maximum Gasteiger partial charge on any atom is 0.0762 e. The van der Waals surface area contributed by atoms with Crippen LogP contribution in [0.1, 0.15) is 6.42 Å². The van der Waals surface area contributed by atoms with Crippen molar-refractivity contribution in [2.24, 2.45) is 0 Å². The Morgan fingerprint density at radius 2 is 2.07 bits per heavy atom. The van der Waals surface area contributed by atoms with Crippen LogP contribution in [0.4, 0.5) is 5.69 Å². The standard InChI is InChI=1S/C11H14BrNO/c1-14-11-6-7-13(8-11)10-4-2-9(12)3-5-10/h2-5,11H,6-8H2,1H3. The second kappa shape index (κ2) is 4.32. The van der Waals surface area contributed by atoms with E-state index < -0.39 is 0 Å². The molecule has 1 fully saturated rings. The molecular formula is C11H14BrNO. The normalized spacial score (nSPS) is 21.6. The van der Waals surface area contributed by atoms with Gasteiger partial charge in [-0.3, -0.25) is 0 Å². The average molecular weight is 256 g/mol. The summed E-state index contributed by atoms with van der Waals surface area (Å²) >= 11 is 3.44. The van der Waals surface area contributed by atoms with Crippen LogP contribution in [-0.2, 0) is 4.74 Å². The molecule has 1 atom stereocenters. The van der Waals surface area contributed by atoms with E-state index in [1.54, 1.807) is 7.11 Å². The zero-order valence-electron chi connectivity index (χ0n) is 8.24. The Morgan fingerprint density at radius 3 is 2.64 bits per heavy atom. The zero-order valence-corrected chi connectivity index (χ0v) is 9.83. The number of benzene rings is 1. The Labute approximate surface area is 93.0 Å². The Hall–Kier alpha value is -0.540. The van der Waals surface area contributed by atoms with E-state index in [4.69, 9.17) is 4.74 Å². The number of hydrogen-bond donors (Lipinski definition) is 0. The number of methoxy groups -OCH3 is 1. The summed E-state index contributed by atoms with van der Waals surface area (Å²) in [6, 6.07) is 8.44. The Balaban J connectivity index is 2.06. The predicted molar refractivity (Wildman–Crippen MR) is 61.8 cm³/mol. The summed E-state index contributed by atoms with van der Waals surface area (Å²) < 4.78 is 6.46. The van der Waals surface area contributed by atoms with Crippen LogP contribution in [0.15, 0.2) is 28.7 Å². The van der Waals surface area contributed by atoms with Gasteiger partial charge in [0, 0.05) is 30.4 Å². The van der Waals surface area contributed by atoms with Crippen molar-refractivity contribution in [3.63, 3.8) is 0 Å². The maximum absolute atomic E-state index is 5.34. The molecule has 14 heavy (non-hydrogen) atoms. The second-order valence-corrected chi connectivity index (χ2v) is 4.48. The first-order valence-electron chi connectivity index (χ1n) is 4.83. The van der Waals surface area contributed by atoms with Crippen LogP contribution < -0.4 is 4.90 Å². The third-order valence-corrected chi connectivity index (χ3v) is 3.20. The van der Waals surface area contributed by atoms with E-state index in [-0.39, 0.29) is 0 Å². The van der Waals surface area contributed by atoms with Crippen molar-refractivity contribution in [1.29, 1.82) is 0 Å². The minimum atomic E-state index is 0.402. The van der Waals surface area contributed by atoms with Gasteiger partial charge in [0.25, 0.3) is 0 Å². The highest BCUT2D eigenvalue weighted by atomic mass is 79.9. The number of ether oxygens (including phenoxy) is 1. The second-order valence-electron chi connectivity index (χ2n) is 3.57. The summed E-state index contributed by atoms with van der Waals surface area (Å²) in [5, 5.41) is 0. The lowest BCUT2D eigenvalue weighted by Crippen LogP contribution is -2.21. The molecule has 0 aliphatic carbocycles. The van der Waals surface area contributed by atoms with Crippen molar-refractivity contribution < 1.29 is 4.74 Å². The lowest BCUT2D eigenvalue weighted by atomic mass is 10.3. The lowest BCUT2D eigenvalue weighted by molar-refractivity contribution is 0.121. The molecule has 1 aromatic carbocycles. The first-order valence-corrected chi connectivity index (χ1v) is 5.62. The molecule has 0 N–H and O–H groups in total. The van der Waals surface area contributed by atoms with E-state index in [0.717, 1.165) is 24.0 Å². The number of nitrogens with zero attached hydrogens (tertiary/aromatic N) is 1. The smallest absolute Gasteiger partial charge is 0.0762 e. The Kier molecular flexibility index (Phi) is 3.08. The fraction of sp³-hybridized carbons (Fsp3) is 0.455. The van der Waals surface area contributed by atoms with Crippen LogP contribution in [0.25, 0.3) is 0 Å². The molecule has 1 aromatic rings. The summed E-state index contributed by atoms with van der Waals surface area (Å²) in [6.07, 6.45) is 1.53. The van der Waals surface area contributed by atoms with Gasteiger partial charge in [0.1, 0.15) is 0 Å². The third kappa shape index (κ3) is 2.10. The molecule has 1 heterocycles. The van der Waals surface area contributed by atoms with Gasteiger partial charge in [-0.05, 0) is 30.7 Å². The van der Waals surface area contributed by atoms with E-state index in [0.29, 0.717) is 6.10 Å². The molecule has 0 aromatic heterocycles. The Morgan fingerprint density at radius 1 is 1.36 bits per heavy atom. The summed E-state index contributed by atoms with van der Waals surface area (Å²) in [5.74, 6) is 0. The van der Waals surface area contributed by atoms with Crippen LogP contribution in [0.3, 0.4) is 0 Å². The molecule has 0 radical (unpaired) electrons. The molecule has 76 valence electrons. The fourth-order valence-electron chi connectivity index (χ4n) is 1.81. The molecule has 0 bridgehead atoms. The van der Waals surface area contributed by atoms with Crippen molar-refractivity contribution in [2.75, 3.05) is 25.1 Å². The number of halogens is 1. The number of hydrogen-bond acceptors (Lipinski definition) is 2. The highest BCUT2D eigenvalue weighted by Gasteiger charge is 2.21. The number of rotatable bonds is 2. The largest absolute Gasteiger partial charge is 0.380 e. The highest BCUT2D eigenvalue weighted by molar-refractivity contribution is 9.10. The van der Waals surface area contributed by atoms with Crippen LogP contribution in [0, 0.1) is 0 Å². The minimum absolute atomic E-state index is 0.402. The van der Waals surface area contributed by atoms with Crippen molar-refractivity contribution >= 4 is 21.6 Å². The highest BCUT2D eigenvalue weighted by Crippen LogP contribution is 2.23. The predicted octanol–water partition coefficient (Wildman–Crippen LogP) is 2.67. The molecule has 1 saturated heterocycles. The van der Waals surface area contributed by atoms with Gasteiger partial charge in [-0.15, -0.1) is 0 Å². The van der Waals surface area contributed by atoms with Crippen LogP contribution in [0.2, 0.25) is 0 Å². The first kappa shape index (κ1) is 9.99. The molecule has 1 aliphatic rings. The van der Waals surface area contributed by atoms with E-state index >= 15 is 0 Å². The van der Waals surface area contributed by atoms with E-state index in [2.05, 4.69) is 45.1 Å². The van der Waals surface area contributed by atoms with Crippen LogP contribution in [0.5, 0.6) is 0 Å². The molecule has 2 rings (SSSR count). The summed E-state index contributed by atoms with van der Waals surface area (Å²) in [4.78, 5) is 2.36. The van der Waals surface area contributed by atoms with Gasteiger partial charge >= 0.3 is 0 Å². The van der Waals surface area contributed by atoms with Crippen LogP contribution >= 0.6 is 15.9 Å². The van der Waals surface area contributed by atoms with E-state index in [1.165, 1.54) is 5.69 Å². The SMILES string of the molecule is COC1CCN(c2ccc(Br)cc2)C1. The van der Waals surface area contributed by atoms with Crippen molar-refractivity contribution in [2.45, 2.75) is 12.5 Å². The molecule has 0 saturated carbocycles. The molecule has 1 unspecified atom stereocenters. The molecular weight excluding hydrogens is 242 g/mol. The molecule has 0 amide bonds. The molecule has 1 aliphatic heterocycles. The van der Waals surface area contributed by atoms with E-state index in [1.807, 2.05) is 0 Å². The van der Waals surface area contributed by atoms with Crippen molar-refractivity contribution in [1.82, 2.24) is 0 Å². The average Bonchev–Trinajstić information content (AvgIpc) is 2.67. The minimum Gasteiger partial charge on any atom is -0.380 e. The monoisotopic (exact) mass is 255 g/mol. The number of anilines is 1. The van der Waals surface area contributed by atoms with Gasteiger partial charge < -0.3 is 9.64 Å². The van der Waals surface area contributed by atoms with Gasteiger partial charge in [0.2, 0.25) is 0 Å². The van der Waals surface area contributed by atoms with Gasteiger partial charge in [-0.25, -0.2) is 0 Å². The van der Waals surface area contributed by atoms with Gasteiger partial charge in [-0.1, -0.05) is 15.9 Å². The molecule has 0 spiro atoms. The van der Waals surface area contributed by atoms with Crippen molar-refractivity contribution in [3.05, 3.63) is 28.7 Å². The molecule has 3 heteroatoms. The third-order valence-electron chi connectivity index (χ3n) is 2.67. The first-order chi connectivity index (χ1) is 6.79.